The maximum atomic E-state index is 5.87. The van der Waals surface area contributed by atoms with Gasteiger partial charge in [0.15, 0.2) is 0 Å². The highest BCUT2D eigenvalue weighted by molar-refractivity contribution is 9.10. The highest BCUT2D eigenvalue weighted by atomic mass is 79.9. The number of rotatable bonds is 6. The molecule has 20 heavy (non-hydrogen) atoms. The number of methoxy groups -OCH3 is 1. The van der Waals surface area contributed by atoms with Crippen LogP contribution >= 0.6 is 15.9 Å². The zero-order valence-electron chi connectivity index (χ0n) is 12.1. The molecule has 0 aliphatic carbocycles. The largest absolute Gasteiger partial charge is 0.462 e. The van der Waals surface area contributed by atoms with Gasteiger partial charge in [-0.15, -0.1) is 0 Å². The Balaban J connectivity index is 2.33. The Bertz CT molecular complexity index is 545. The first kappa shape index (κ1) is 15.3. The van der Waals surface area contributed by atoms with Crippen LogP contribution in [0.15, 0.2) is 39.2 Å². The molecule has 0 fully saturated rings. The van der Waals surface area contributed by atoms with E-state index in [4.69, 9.17) is 9.15 Å². The van der Waals surface area contributed by atoms with Crippen molar-refractivity contribution in [1.82, 2.24) is 5.32 Å². The van der Waals surface area contributed by atoms with Gasteiger partial charge in [0, 0.05) is 11.6 Å². The Kier molecular flexibility index (Phi) is 5.40. The fourth-order valence-electron chi connectivity index (χ4n) is 2.29. The summed E-state index contributed by atoms with van der Waals surface area (Å²) in [5.74, 6) is 1.76. The van der Waals surface area contributed by atoms with Gasteiger partial charge in [-0.25, -0.2) is 0 Å². The van der Waals surface area contributed by atoms with Gasteiger partial charge in [0.05, 0.1) is 6.04 Å². The average Bonchev–Trinajstić information content (AvgIpc) is 2.83. The standard InChI is InChI=1S/C16H20BrNO2/c1-4-18-16(12-7-11(2)8-13(17)9-12)15-6-5-14(20-15)10-19-3/h5-9,16,18H,4,10H2,1-3H3. The van der Waals surface area contributed by atoms with Gasteiger partial charge in [0.25, 0.3) is 0 Å². The molecule has 1 N–H and O–H groups in total. The number of furan rings is 1. The molecule has 4 heteroatoms. The van der Waals surface area contributed by atoms with Crippen LogP contribution in [0.5, 0.6) is 0 Å². The molecule has 1 heterocycles. The molecule has 0 radical (unpaired) electrons. The predicted octanol–water partition coefficient (Wildman–Crippen LogP) is 4.20. The Labute approximate surface area is 128 Å². The second kappa shape index (κ2) is 7.07. The summed E-state index contributed by atoms with van der Waals surface area (Å²) in [5, 5.41) is 3.47. The second-order valence-corrected chi connectivity index (χ2v) is 5.71. The lowest BCUT2D eigenvalue weighted by atomic mass is 10.0. The van der Waals surface area contributed by atoms with Crippen molar-refractivity contribution in [2.45, 2.75) is 26.5 Å². The van der Waals surface area contributed by atoms with E-state index in [0.29, 0.717) is 6.61 Å². The first-order valence-electron chi connectivity index (χ1n) is 6.72. The third-order valence-electron chi connectivity index (χ3n) is 3.06. The van der Waals surface area contributed by atoms with Crippen molar-refractivity contribution < 1.29 is 9.15 Å². The quantitative estimate of drug-likeness (QED) is 0.857. The van der Waals surface area contributed by atoms with Crippen LogP contribution in [0.2, 0.25) is 0 Å². The van der Waals surface area contributed by atoms with Crippen LogP contribution in [-0.2, 0) is 11.3 Å². The van der Waals surface area contributed by atoms with Gasteiger partial charge in [0.1, 0.15) is 18.1 Å². The molecule has 2 aromatic rings. The van der Waals surface area contributed by atoms with Gasteiger partial charge < -0.3 is 14.5 Å². The van der Waals surface area contributed by atoms with Crippen molar-refractivity contribution in [3.8, 4) is 0 Å². The van der Waals surface area contributed by atoms with E-state index in [2.05, 4.69) is 53.3 Å². The van der Waals surface area contributed by atoms with Crippen LogP contribution in [0, 0.1) is 6.92 Å². The normalized spacial score (nSPS) is 12.6. The van der Waals surface area contributed by atoms with E-state index >= 15 is 0 Å². The molecule has 1 aromatic carbocycles. The minimum atomic E-state index is 0.0572. The van der Waals surface area contributed by atoms with E-state index in [1.807, 2.05) is 12.1 Å². The third kappa shape index (κ3) is 3.72. The number of halogens is 1. The van der Waals surface area contributed by atoms with E-state index in [1.54, 1.807) is 7.11 Å². The van der Waals surface area contributed by atoms with E-state index in [-0.39, 0.29) is 6.04 Å². The summed E-state index contributed by atoms with van der Waals surface area (Å²) in [6.07, 6.45) is 0. The van der Waals surface area contributed by atoms with Crippen LogP contribution < -0.4 is 5.32 Å². The minimum absolute atomic E-state index is 0.0572. The summed E-state index contributed by atoms with van der Waals surface area (Å²) in [7, 11) is 1.67. The van der Waals surface area contributed by atoms with Gasteiger partial charge in [-0.2, -0.15) is 0 Å². The molecule has 1 atom stereocenters. The SMILES string of the molecule is CCNC(c1cc(C)cc(Br)c1)c1ccc(COC)o1. The Hall–Kier alpha value is -1.10. The van der Waals surface area contributed by atoms with Crippen molar-refractivity contribution in [1.29, 1.82) is 0 Å². The zero-order chi connectivity index (χ0) is 14.5. The molecule has 0 amide bonds. The number of aryl methyl sites for hydroxylation is 1. The summed E-state index contributed by atoms with van der Waals surface area (Å²) >= 11 is 3.56. The number of hydrogen-bond acceptors (Lipinski definition) is 3. The predicted molar refractivity (Wildman–Crippen MR) is 83.8 cm³/mol. The lowest BCUT2D eigenvalue weighted by Gasteiger charge is -2.17. The van der Waals surface area contributed by atoms with E-state index in [9.17, 15) is 0 Å². The van der Waals surface area contributed by atoms with Crippen molar-refractivity contribution in [2.24, 2.45) is 0 Å². The monoisotopic (exact) mass is 337 g/mol. The van der Waals surface area contributed by atoms with Gasteiger partial charge >= 0.3 is 0 Å². The lowest BCUT2D eigenvalue weighted by molar-refractivity contribution is 0.162. The van der Waals surface area contributed by atoms with Crippen LogP contribution in [-0.4, -0.2) is 13.7 Å². The number of nitrogens with one attached hydrogen (secondary N) is 1. The maximum absolute atomic E-state index is 5.87. The van der Waals surface area contributed by atoms with Crippen molar-refractivity contribution in [3.63, 3.8) is 0 Å². The topological polar surface area (TPSA) is 34.4 Å². The molecule has 0 spiro atoms. The summed E-state index contributed by atoms with van der Waals surface area (Å²) in [6, 6.07) is 10.4. The van der Waals surface area contributed by atoms with Gasteiger partial charge in [-0.1, -0.05) is 28.9 Å². The molecule has 1 aromatic heterocycles. The fourth-order valence-corrected chi connectivity index (χ4v) is 2.91. The van der Waals surface area contributed by atoms with E-state index < -0.39 is 0 Å². The second-order valence-electron chi connectivity index (χ2n) is 4.79. The fraction of sp³-hybridized carbons (Fsp3) is 0.375. The molecule has 0 aliphatic heterocycles. The molecule has 3 nitrogen and oxygen atoms in total. The highest BCUT2D eigenvalue weighted by Gasteiger charge is 2.17. The summed E-state index contributed by atoms with van der Waals surface area (Å²) in [4.78, 5) is 0. The Morgan fingerprint density at radius 2 is 2.10 bits per heavy atom. The molecule has 0 bridgehead atoms. The van der Waals surface area contributed by atoms with Crippen molar-refractivity contribution >= 4 is 15.9 Å². The molecule has 0 aliphatic rings. The van der Waals surface area contributed by atoms with E-state index in [1.165, 1.54) is 11.1 Å². The Morgan fingerprint density at radius 1 is 1.30 bits per heavy atom. The highest BCUT2D eigenvalue weighted by Crippen LogP contribution is 2.27. The first-order valence-corrected chi connectivity index (χ1v) is 7.51. The Morgan fingerprint density at radius 3 is 2.75 bits per heavy atom. The third-order valence-corrected chi connectivity index (χ3v) is 3.52. The van der Waals surface area contributed by atoms with Crippen LogP contribution in [0.25, 0.3) is 0 Å². The maximum Gasteiger partial charge on any atom is 0.129 e. The number of benzene rings is 1. The molecule has 108 valence electrons. The van der Waals surface area contributed by atoms with Crippen LogP contribution in [0.1, 0.15) is 35.6 Å². The molecule has 0 saturated heterocycles. The van der Waals surface area contributed by atoms with E-state index in [0.717, 1.165) is 22.5 Å². The average molecular weight is 338 g/mol. The van der Waals surface area contributed by atoms with Crippen LogP contribution in [0.3, 0.4) is 0 Å². The molecular weight excluding hydrogens is 318 g/mol. The summed E-state index contributed by atoms with van der Waals surface area (Å²) in [6.45, 7) is 5.56. The van der Waals surface area contributed by atoms with Crippen molar-refractivity contribution in [2.75, 3.05) is 13.7 Å². The van der Waals surface area contributed by atoms with Gasteiger partial charge in [-0.05, 0) is 48.9 Å². The zero-order valence-corrected chi connectivity index (χ0v) is 13.7. The number of ether oxygens (including phenoxy) is 1. The molecule has 2 rings (SSSR count). The number of hydrogen-bond donors (Lipinski definition) is 1. The molecular formula is C16H20BrNO2. The molecule has 0 saturated carbocycles. The smallest absolute Gasteiger partial charge is 0.129 e. The minimum Gasteiger partial charge on any atom is -0.462 e. The lowest BCUT2D eigenvalue weighted by Crippen LogP contribution is -2.21. The van der Waals surface area contributed by atoms with Gasteiger partial charge in [0.2, 0.25) is 0 Å². The van der Waals surface area contributed by atoms with Crippen LogP contribution in [0.4, 0.5) is 0 Å². The first-order chi connectivity index (χ1) is 9.63. The van der Waals surface area contributed by atoms with Crippen molar-refractivity contribution in [3.05, 3.63) is 57.5 Å². The molecule has 1 unspecified atom stereocenters. The summed E-state index contributed by atoms with van der Waals surface area (Å²) < 4.78 is 12.1. The van der Waals surface area contributed by atoms with Gasteiger partial charge in [-0.3, -0.25) is 0 Å². The summed E-state index contributed by atoms with van der Waals surface area (Å²) in [5.41, 5.74) is 2.41.